The van der Waals surface area contributed by atoms with Crippen molar-refractivity contribution < 1.29 is 19.1 Å². The summed E-state index contributed by atoms with van der Waals surface area (Å²) in [5, 5.41) is 13.0. The van der Waals surface area contributed by atoms with E-state index in [0.717, 1.165) is 0 Å². The van der Waals surface area contributed by atoms with E-state index < -0.39 is 18.2 Å². The molecule has 0 aliphatic carbocycles. The fourth-order valence-electron chi connectivity index (χ4n) is 2.36. The number of aliphatic carboxylic acids is 1. The Bertz CT molecular complexity index is 555. The minimum Gasteiger partial charge on any atom is -0.479 e. The van der Waals surface area contributed by atoms with Crippen LogP contribution in [0.1, 0.15) is 28.2 Å². The fraction of sp³-hybridized carbons (Fsp3) is 0.583. The van der Waals surface area contributed by atoms with Crippen molar-refractivity contribution in [2.45, 2.75) is 25.9 Å². The van der Waals surface area contributed by atoms with Gasteiger partial charge in [-0.2, -0.15) is 5.10 Å². The maximum Gasteiger partial charge on any atom is 0.343 e. The Kier molecular flexibility index (Phi) is 3.07. The number of carboxylic acid groups (broad SMARTS) is 1. The molecule has 0 aromatic carbocycles. The van der Waals surface area contributed by atoms with Gasteiger partial charge >= 0.3 is 5.97 Å². The highest BCUT2D eigenvalue weighted by molar-refractivity contribution is 5.97. The van der Waals surface area contributed by atoms with Crippen LogP contribution >= 0.6 is 0 Å². The predicted molar refractivity (Wildman–Crippen MR) is 64.7 cm³/mol. The van der Waals surface area contributed by atoms with Crippen molar-refractivity contribution in [3.63, 3.8) is 0 Å². The summed E-state index contributed by atoms with van der Waals surface area (Å²) in [5.41, 5.74) is -0.650. The largest absolute Gasteiger partial charge is 0.479 e. The zero-order valence-electron chi connectivity index (χ0n) is 11.1. The summed E-state index contributed by atoms with van der Waals surface area (Å²) in [7, 11) is 1.72. The molecule has 1 amide bonds. The molecule has 0 radical (unpaired) electrons. The molecule has 6 nitrogen and oxygen atoms in total. The van der Waals surface area contributed by atoms with E-state index in [0.29, 0.717) is 17.0 Å². The Hall–Kier alpha value is -1.92. The number of amides is 1. The summed E-state index contributed by atoms with van der Waals surface area (Å²) in [6.07, 6.45) is -0.174. The van der Waals surface area contributed by atoms with Crippen molar-refractivity contribution in [3.05, 3.63) is 17.0 Å². The number of hydrogen-bond donors (Lipinski definition) is 1. The van der Waals surface area contributed by atoms with Crippen LogP contribution in [0.3, 0.4) is 0 Å². The van der Waals surface area contributed by atoms with Crippen LogP contribution in [0, 0.1) is 13.8 Å². The number of carbonyl (C=O) groups excluding carboxylic acids is 1. The van der Waals surface area contributed by atoms with Gasteiger partial charge in [-0.25, -0.2) is 9.18 Å². The molecule has 1 aliphatic rings. The number of carbonyl (C=O) groups is 2. The minimum atomic E-state index is -2.33. The number of aromatic nitrogens is 2. The Morgan fingerprint density at radius 1 is 1.42 bits per heavy atom. The van der Waals surface area contributed by atoms with Gasteiger partial charge < -0.3 is 10.0 Å². The molecule has 1 aromatic rings. The van der Waals surface area contributed by atoms with E-state index in [-0.39, 0.29) is 18.9 Å². The lowest BCUT2D eigenvalue weighted by Gasteiger charge is -2.17. The second kappa shape index (κ2) is 4.32. The van der Waals surface area contributed by atoms with E-state index in [4.69, 9.17) is 5.11 Å². The molecule has 104 valence electrons. The standard InChI is InChI=1S/C12H16FN3O3/c1-7-9(8(2)15(3)14-7)10(17)16-5-4-12(13,6-16)11(18)19/h4-6H2,1-3H3,(H,18,19)/t12-/m1/s1. The SMILES string of the molecule is Cc1nn(C)c(C)c1C(=O)N1CC[C@](F)(C(=O)O)C1. The van der Waals surface area contributed by atoms with Gasteiger partial charge in [-0.1, -0.05) is 0 Å². The Morgan fingerprint density at radius 2 is 2.05 bits per heavy atom. The summed E-state index contributed by atoms with van der Waals surface area (Å²) in [6.45, 7) is 3.16. The molecule has 1 aromatic heterocycles. The summed E-state index contributed by atoms with van der Waals surface area (Å²) in [4.78, 5) is 24.4. The van der Waals surface area contributed by atoms with Gasteiger partial charge in [0.05, 0.1) is 17.8 Å². The lowest BCUT2D eigenvalue weighted by molar-refractivity contribution is -0.149. The molecule has 2 rings (SSSR count). The van der Waals surface area contributed by atoms with E-state index in [9.17, 15) is 14.0 Å². The lowest BCUT2D eigenvalue weighted by Crippen LogP contribution is -2.39. The average Bonchev–Trinajstić information content (AvgIpc) is 2.83. The van der Waals surface area contributed by atoms with Crippen molar-refractivity contribution in [3.8, 4) is 0 Å². The van der Waals surface area contributed by atoms with Crippen molar-refractivity contribution in [2.24, 2.45) is 7.05 Å². The van der Waals surface area contributed by atoms with Crippen LogP contribution in [0.4, 0.5) is 4.39 Å². The fourth-order valence-corrected chi connectivity index (χ4v) is 2.36. The highest BCUT2D eigenvalue weighted by atomic mass is 19.1. The molecule has 1 fully saturated rings. The molecule has 2 heterocycles. The summed E-state index contributed by atoms with van der Waals surface area (Å²) in [5.74, 6) is -1.87. The molecule has 0 saturated carbocycles. The van der Waals surface area contributed by atoms with Gasteiger partial charge in [0.2, 0.25) is 5.67 Å². The highest BCUT2D eigenvalue weighted by Crippen LogP contribution is 2.28. The molecule has 0 bridgehead atoms. The monoisotopic (exact) mass is 269 g/mol. The maximum atomic E-state index is 14.0. The number of aryl methyl sites for hydroxylation is 2. The molecule has 1 saturated heterocycles. The lowest BCUT2D eigenvalue weighted by atomic mass is 10.1. The average molecular weight is 269 g/mol. The topological polar surface area (TPSA) is 75.4 Å². The number of alkyl halides is 1. The van der Waals surface area contributed by atoms with Crippen LogP contribution in [0.2, 0.25) is 0 Å². The van der Waals surface area contributed by atoms with Gasteiger partial charge in [0.1, 0.15) is 0 Å². The first kappa shape index (κ1) is 13.5. The first-order valence-corrected chi connectivity index (χ1v) is 5.98. The zero-order chi connectivity index (χ0) is 14.4. The van der Waals surface area contributed by atoms with Gasteiger partial charge in [-0.3, -0.25) is 9.48 Å². The number of likely N-dealkylation sites (tertiary alicyclic amines) is 1. The van der Waals surface area contributed by atoms with E-state index >= 15 is 0 Å². The molecule has 0 unspecified atom stereocenters. The summed E-state index contributed by atoms with van der Waals surface area (Å²) < 4.78 is 15.5. The van der Waals surface area contributed by atoms with Gasteiger partial charge in [0, 0.05) is 25.7 Å². The second-order valence-electron chi connectivity index (χ2n) is 4.92. The van der Waals surface area contributed by atoms with Crippen molar-refractivity contribution >= 4 is 11.9 Å². The van der Waals surface area contributed by atoms with Crippen LogP contribution < -0.4 is 0 Å². The summed E-state index contributed by atoms with van der Waals surface area (Å²) >= 11 is 0. The number of halogens is 1. The van der Waals surface area contributed by atoms with Crippen LogP contribution in [-0.2, 0) is 11.8 Å². The first-order chi connectivity index (χ1) is 8.76. The smallest absolute Gasteiger partial charge is 0.343 e. The van der Waals surface area contributed by atoms with E-state index in [2.05, 4.69) is 5.10 Å². The number of rotatable bonds is 2. The van der Waals surface area contributed by atoms with Gasteiger partial charge in [0.15, 0.2) is 0 Å². The van der Waals surface area contributed by atoms with E-state index in [1.54, 1.807) is 25.6 Å². The normalized spacial score (nSPS) is 22.8. The molecule has 1 atom stereocenters. The third-order valence-electron chi connectivity index (χ3n) is 3.61. The molecule has 1 N–H and O–H groups in total. The number of hydrogen-bond acceptors (Lipinski definition) is 3. The molecule has 1 aliphatic heterocycles. The van der Waals surface area contributed by atoms with Crippen LogP contribution in [-0.4, -0.2) is 50.4 Å². The molecule has 19 heavy (non-hydrogen) atoms. The maximum absolute atomic E-state index is 14.0. The number of nitrogens with zero attached hydrogens (tertiary/aromatic N) is 3. The van der Waals surface area contributed by atoms with Crippen LogP contribution in [0.15, 0.2) is 0 Å². The van der Waals surface area contributed by atoms with E-state index in [1.165, 1.54) is 4.90 Å². The molecule has 7 heteroatoms. The zero-order valence-corrected chi connectivity index (χ0v) is 11.1. The third kappa shape index (κ3) is 2.09. The van der Waals surface area contributed by atoms with Crippen molar-refractivity contribution in [1.82, 2.24) is 14.7 Å². The highest BCUT2D eigenvalue weighted by Gasteiger charge is 2.47. The number of carboxylic acids is 1. The van der Waals surface area contributed by atoms with Crippen LogP contribution in [0.5, 0.6) is 0 Å². The minimum absolute atomic E-state index is 0.107. The van der Waals surface area contributed by atoms with Gasteiger partial charge in [-0.15, -0.1) is 0 Å². The van der Waals surface area contributed by atoms with Gasteiger partial charge in [0.25, 0.3) is 5.91 Å². The Labute approximate surface area is 109 Å². The molecule has 0 spiro atoms. The van der Waals surface area contributed by atoms with Gasteiger partial charge in [-0.05, 0) is 13.8 Å². The Balaban J connectivity index is 2.25. The third-order valence-corrected chi connectivity index (χ3v) is 3.61. The van der Waals surface area contributed by atoms with Crippen molar-refractivity contribution in [1.29, 1.82) is 0 Å². The Morgan fingerprint density at radius 3 is 2.47 bits per heavy atom. The molecular formula is C12H16FN3O3. The predicted octanol–water partition coefficient (Wildman–Crippen LogP) is 0.676. The first-order valence-electron chi connectivity index (χ1n) is 5.98. The van der Waals surface area contributed by atoms with Crippen LogP contribution in [0.25, 0.3) is 0 Å². The molecular weight excluding hydrogens is 253 g/mol. The van der Waals surface area contributed by atoms with Crippen molar-refractivity contribution in [2.75, 3.05) is 13.1 Å². The quantitative estimate of drug-likeness (QED) is 0.856. The summed E-state index contributed by atoms with van der Waals surface area (Å²) in [6, 6.07) is 0. The second-order valence-corrected chi connectivity index (χ2v) is 4.92. The van der Waals surface area contributed by atoms with E-state index in [1.807, 2.05) is 0 Å².